The Labute approximate surface area is 97.1 Å². The van der Waals surface area contributed by atoms with Crippen LogP contribution in [0.3, 0.4) is 0 Å². The van der Waals surface area contributed by atoms with Gasteiger partial charge in [-0.15, -0.1) is 0 Å². The summed E-state index contributed by atoms with van der Waals surface area (Å²) in [6.45, 7) is 4.03. The molecule has 84 valence electrons. The minimum Gasteiger partial charge on any atom is -0.385 e. The molecule has 0 spiro atoms. The summed E-state index contributed by atoms with van der Waals surface area (Å²) in [7, 11) is 0. The van der Waals surface area contributed by atoms with Crippen molar-refractivity contribution < 1.29 is 5.11 Å². The third kappa shape index (κ3) is 3.84. The van der Waals surface area contributed by atoms with Gasteiger partial charge >= 0.3 is 0 Å². The Morgan fingerprint density at radius 3 is 2.33 bits per heavy atom. The van der Waals surface area contributed by atoms with E-state index in [2.05, 4.69) is 6.92 Å². The van der Waals surface area contributed by atoms with Gasteiger partial charge in [0.25, 0.3) is 0 Å². The smallest absolute Gasteiger partial charge is 0.0868 e. The summed E-state index contributed by atoms with van der Waals surface area (Å²) in [4.78, 5) is 0. The van der Waals surface area contributed by atoms with Crippen LogP contribution >= 0.6 is 11.6 Å². The number of halogens is 1. The highest BCUT2D eigenvalue weighted by atomic mass is 35.5. The van der Waals surface area contributed by atoms with Crippen molar-refractivity contribution >= 4 is 11.6 Å². The van der Waals surface area contributed by atoms with E-state index in [0.717, 1.165) is 18.4 Å². The summed E-state index contributed by atoms with van der Waals surface area (Å²) in [5.41, 5.74) is 0.225. The van der Waals surface area contributed by atoms with Gasteiger partial charge < -0.3 is 5.11 Å². The SMILES string of the molecule is CCCCCC(C)(O)c1ccc(Cl)cc1. The first kappa shape index (κ1) is 12.5. The largest absolute Gasteiger partial charge is 0.385 e. The number of unbranched alkanes of at least 4 members (excludes halogenated alkanes) is 2. The minimum atomic E-state index is -0.722. The van der Waals surface area contributed by atoms with Crippen molar-refractivity contribution in [1.29, 1.82) is 0 Å². The molecule has 1 nitrogen and oxygen atoms in total. The second-order valence-corrected chi connectivity index (χ2v) is 4.67. The first-order chi connectivity index (χ1) is 7.06. The Hall–Kier alpha value is -0.530. The number of benzene rings is 1. The van der Waals surface area contributed by atoms with Crippen molar-refractivity contribution in [2.45, 2.75) is 45.1 Å². The lowest BCUT2D eigenvalue weighted by atomic mass is 9.90. The van der Waals surface area contributed by atoms with E-state index in [1.807, 2.05) is 31.2 Å². The predicted molar refractivity (Wildman–Crippen MR) is 65.2 cm³/mol. The maximum Gasteiger partial charge on any atom is 0.0868 e. The summed E-state index contributed by atoms with van der Waals surface area (Å²) in [6.07, 6.45) is 4.22. The quantitative estimate of drug-likeness (QED) is 0.749. The number of rotatable bonds is 5. The molecule has 0 aromatic heterocycles. The van der Waals surface area contributed by atoms with E-state index in [1.54, 1.807) is 0 Å². The van der Waals surface area contributed by atoms with Gasteiger partial charge in [0, 0.05) is 5.02 Å². The highest BCUT2D eigenvalue weighted by Gasteiger charge is 2.21. The molecular weight excluding hydrogens is 208 g/mol. The lowest BCUT2D eigenvalue weighted by Gasteiger charge is -2.23. The van der Waals surface area contributed by atoms with Gasteiger partial charge in [0.1, 0.15) is 0 Å². The van der Waals surface area contributed by atoms with E-state index in [9.17, 15) is 5.11 Å². The van der Waals surface area contributed by atoms with Crippen molar-refractivity contribution in [1.82, 2.24) is 0 Å². The summed E-state index contributed by atoms with van der Waals surface area (Å²) in [5, 5.41) is 11.0. The highest BCUT2D eigenvalue weighted by molar-refractivity contribution is 6.30. The third-order valence-corrected chi connectivity index (χ3v) is 2.99. The van der Waals surface area contributed by atoms with Crippen molar-refractivity contribution in [2.75, 3.05) is 0 Å². The zero-order chi connectivity index (χ0) is 11.3. The molecule has 2 heteroatoms. The summed E-state index contributed by atoms with van der Waals surface area (Å²) in [6, 6.07) is 7.44. The van der Waals surface area contributed by atoms with Crippen LogP contribution in [0, 0.1) is 0 Å². The molecule has 0 aliphatic rings. The van der Waals surface area contributed by atoms with Gasteiger partial charge in [-0.25, -0.2) is 0 Å². The maximum atomic E-state index is 10.3. The van der Waals surface area contributed by atoms with Crippen LogP contribution in [0.2, 0.25) is 5.02 Å². The zero-order valence-electron chi connectivity index (χ0n) is 9.46. The van der Waals surface area contributed by atoms with Crippen LogP contribution in [0.1, 0.15) is 45.1 Å². The van der Waals surface area contributed by atoms with E-state index in [1.165, 1.54) is 12.8 Å². The first-order valence-electron chi connectivity index (χ1n) is 5.54. The molecule has 0 saturated heterocycles. The van der Waals surface area contributed by atoms with Crippen molar-refractivity contribution in [3.05, 3.63) is 34.9 Å². The summed E-state index contributed by atoms with van der Waals surface area (Å²) < 4.78 is 0. The normalized spacial score (nSPS) is 14.9. The van der Waals surface area contributed by atoms with E-state index in [4.69, 9.17) is 11.6 Å². The fraction of sp³-hybridized carbons (Fsp3) is 0.538. The Morgan fingerprint density at radius 2 is 1.80 bits per heavy atom. The van der Waals surface area contributed by atoms with Crippen LogP contribution < -0.4 is 0 Å². The number of aliphatic hydroxyl groups is 1. The molecule has 1 atom stereocenters. The molecule has 1 unspecified atom stereocenters. The third-order valence-electron chi connectivity index (χ3n) is 2.73. The second-order valence-electron chi connectivity index (χ2n) is 4.24. The highest BCUT2D eigenvalue weighted by Crippen LogP contribution is 2.27. The Kier molecular flexibility index (Phi) is 4.62. The Morgan fingerprint density at radius 1 is 1.20 bits per heavy atom. The fourth-order valence-corrected chi connectivity index (χ4v) is 1.80. The maximum absolute atomic E-state index is 10.3. The molecule has 15 heavy (non-hydrogen) atoms. The zero-order valence-corrected chi connectivity index (χ0v) is 10.2. The average Bonchev–Trinajstić information content (AvgIpc) is 2.18. The van der Waals surface area contributed by atoms with Crippen LogP contribution in [0.4, 0.5) is 0 Å². The van der Waals surface area contributed by atoms with Gasteiger partial charge in [0.15, 0.2) is 0 Å². The topological polar surface area (TPSA) is 20.2 Å². The van der Waals surface area contributed by atoms with Gasteiger partial charge in [-0.05, 0) is 31.0 Å². The molecule has 1 aromatic rings. The Balaban J connectivity index is 2.63. The molecule has 0 radical (unpaired) electrons. The van der Waals surface area contributed by atoms with E-state index >= 15 is 0 Å². The lowest BCUT2D eigenvalue weighted by molar-refractivity contribution is 0.0450. The van der Waals surface area contributed by atoms with Crippen LogP contribution in [0.5, 0.6) is 0 Å². The van der Waals surface area contributed by atoms with Gasteiger partial charge in [0.05, 0.1) is 5.60 Å². The molecular formula is C13H19ClO. The fourth-order valence-electron chi connectivity index (χ4n) is 1.67. The van der Waals surface area contributed by atoms with Crippen LogP contribution in [-0.2, 0) is 5.60 Å². The van der Waals surface area contributed by atoms with Gasteiger partial charge in [-0.1, -0.05) is 49.9 Å². The standard InChI is InChI=1S/C13H19ClO/c1-3-4-5-10-13(2,15)11-6-8-12(14)9-7-11/h6-9,15H,3-5,10H2,1-2H3. The molecule has 1 aromatic carbocycles. The van der Waals surface area contributed by atoms with Gasteiger partial charge in [-0.3, -0.25) is 0 Å². The lowest BCUT2D eigenvalue weighted by Crippen LogP contribution is -2.20. The molecule has 0 bridgehead atoms. The molecule has 1 N–H and O–H groups in total. The molecule has 0 amide bonds. The van der Waals surface area contributed by atoms with E-state index in [-0.39, 0.29) is 0 Å². The van der Waals surface area contributed by atoms with E-state index in [0.29, 0.717) is 5.02 Å². The van der Waals surface area contributed by atoms with Gasteiger partial charge in [-0.2, -0.15) is 0 Å². The van der Waals surface area contributed by atoms with Gasteiger partial charge in [0.2, 0.25) is 0 Å². The molecule has 1 rings (SSSR count). The van der Waals surface area contributed by atoms with Crippen LogP contribution in [-0.4, -0.2) is 5.11 Å². The minimum absolute atomic E-state index is 0.711. The predicted octanol–water partition coefficient (Wildman–Crippen LogP) is 4.13. The van der Waals surface area contributed by atoms with Crippen LogP contribution in [0.15, 0.2) is 24.3 Å². The molecule has 0 aliphatic heterocycles. The molecule has 0 heterocycles. The summed E-state index contributed by atoms with van der Waals surface area (Å²) in [5.74, 6) is 0. The average molecular weight is 227 g/mol. The summed E-state index contributed by atoms with van der Waals surface area (Å²) >= 11 is 5.81. The van der Waals surface area contributed by atoms with Crippen molar-refractivity contribution in [3.63, 3.8) is 0 Å². The van der Waals surface area contributed by atoms with E-state index < -0.39 is 5.60 Å². The van der Waals surface area contributed by atoms with Crippen molar-refractivity contribution in [2.24, 2.45) is 0 Å². The molecule has 0 aliphatic carbocycles. The number of hydrogen-bond acceptors (Lipinski definition) is 1. The first-order valence-corrected chi connectivity index (χ1v) is 5.92. The molecule has 0 saturated carbocycles. The van der Waals surface area contributed by atoms with Crippen molar-refractivity contribution in [3.8, 4) is 0 Å². The molecule has 0 fully saturated rings. The van der Waals surface area contributed by atoms with Crippen LogP contribution in [0.25, 0.3) is 0 Å². The second kappa shape index (κ2) is 5.53. The Bertz CT molecular complexity index is 290. The number of hydrogen-bond donors (Lipinski definition) is 1. The monoisotopic (exact) mass is 226 g/mol.